The van der Waals surface area contributed by atoms with Crippen LogP contribution >= 0.6 is 0 Å². The fourth-order valence-corrected chi connectivity index (χ4v) is 3.41. The summed E-state index contributed by atoms with van der Waals surface area (Å²) in [6.07, 6.45) is 0.858. The number of rotatable bonds is 3. The smallest absolute Gasteiger partial charge is 0.295 e. The molecule has 0 N–H and O–H groups in total. The Labute approximate surface area is 161 Å². The largest absolute Gasteiger partial charge is 0.370 e. The summed E-state index contributed by atoms with van der Waals surface area (Å²) in [7, 11) is 0. The van der Waals surface area contributed by atoms with Crippen LogP contribution in [0.5, 0.6) is 0 Å². The molecule has 0 radical (unpaired) electrons. The van der Waals surface area contributed by atoms with Crippen LogP contribution < -0.4 is 4.90 Å². The maximum absolute atomic E-state index is 12.7. The Bertz CT molecular complexity index is 791. The highest BCUT2D eigenvalue weighted by molar-refractivity contribution is 6.42. The standard InChI is InChI=1S/C23H28N2O2/c1-23(2,3)19-12-10-18(11-13-19)21(26)22(27)25-15-7-14-24(16-17-25)20-8-5-4-6-9-20/h4-6,8-13H,7,14-17H2,1-3H3. The van der Waals surface area contributed by atoms with Gasteiger partial charge in [-0.05, 0) is 29.5 Å². The third kappa shape index (κ3) is 4.57. The molecule has 0 spiro atoms. The molecule has 1 amide bonds. The maximum atomic E-state index is 12.7. The lowest BCUT2D eigenvalue weighted by Crippen LogP contribution is -2.39. The van der Waals surface area contributed by atoms with Crippen LogP contribution in [-0.4, -0.2) is 42.8 Å². The Morgan fingerprint density at radius 1 is 0.815 bits per heavy atom. The molecule has 1 aliphatic rings. The molecular weight excluding hydrogens is 336 g/mol. The monoisotopic (exact) mass is 364 g/mol. The summed E-state index contributed by atoms with van der Waals surface area (Å²) in [5, 5.41) is 0. The Balaban J connectivity index is 1.66. The first kappa shape index (κ1) is 19.2. The van der Waals surface area contributed by atoms with E-state index in [0.717, 1.165) is 30.8 Å². The van der Waals surface area contributed by atoms with Crippen molar-refractivity contribution in [2.24, 2.45) is 0 Å². The summed E-state index contributed by atoms with van der Waals surface area (Å²) in [5.74, 6) is -0.808. The van der Waals surface area contributed by atoms with Gasteiger partial charge in [0.2, 0.25) is 5.78 Å². The van der Waals surface area contributed by atoms with Crippen molar-refractivity contribution in [2.75, 3.05) is 31.1 Å². The number of nitrogens with zero attached hydrogens (tertiary/aromatic N) is 2. The number of amides is 1. The second-order valence-electron chi connectivity index (χ2n) is 8.12. The first-order valence-electron chi connectivity index (χ1n) is 9.60. The first-order chi connectivity index (χ1) is 12.9. The Hall–Kier alpha value is -2.62. The molecule has 2 aromatic carbocycles. The van der Waals surface area contributed by atoms with Crippen LogP contribution in [0.2, 0.25) is 0 Å². The van der Waals surface area contributed by atoms with E-state index in [1.165, 1.54) is 0 Å². The number of para-hydroxylation sites is 1. The van der Waals surface area contributed by atoms with Gasteiger partial charge in [-0.3, -0.25) is 9.59 Å². The number of hydrogen-bond acceptors (Lipinski definition) is 3. The Morgan fingerprint density at radius 3 is 2.11 bits per heavy atom. The highest BCUT2D eigenvalue weighted by atomic mass is 16.2. The van der Waals surface area contributed by atoms with Gasteiger partial charge in [0.25, 0.3) is 5.91 Å². The molecule has 142 valence electrons. The molecule has 1 fully saturated rings. The molecule has 0 atom stereocenters. The van der Waals surface area contributed by atoms with E-state index in [4.69, 9.17) is 0 Å². The van der Waals surface area contributed by atoms with Gasteiger partial charge in [-0.25, -0.2) is 0 Å². The molecule has 2 aromatic rings. The van der Waals surface area contributed by atoms with Crippen molar-refractivity contribution in [3.05, 3.63) is 65.7 Å². The van der Waals surface area contributed by atoms with E-state index >= 15 is 0 Å². The number of Topliss-reactive ketones (excluding diaryl/α,β-unsaturated/α-hetero) is 1. The maximum Gasteiger partial charge on any atom is 0.295 e. The molecule has 0 saturated carbocycles. The Kier molecular flexibility index (Phi) is 5.64. The van der Waals surface area contributed by atoms with Crippen LogP contribution in [0.1, 0.15) is 43.1 Å². The topological polar surface area (TPSA) is 40.6 Å². The minimum Gasteiger partial charge on any atom is -0.370 e. The van der Waals surface area contributed by atoms with Gasteiger partial charge >= 0.3 is 0 Å². The van der Waals surface area contributed by atoms with Crippen LogP contribution in [0.4, 0.5) is 5.69 Å². The minimum absolute atomic E-state index is 0.0251. The van der Waals surface area contributed by atoms with Crippen molar-refractivity contribution >= 4 is 17.4 Å². The van der Waals surface area contributed by atoms with Crippen molar-refractivity contribution in [2.45, 2.75) is 32.6 Å². The van der Waals surface area contributed by atoms with Crippen molar-refractivity contribution in [1.82, 2.24) is 4.90 Å². The van der Waals surface area contributed by atoms with E-state index in [1.807, 2.05) is 30.3 Å². The Morgan fingerprint density at radius 2 is 1.48 bits per heavy atom. The predicted octanol–water partition coefficient (Wildman–Crippen LogP) is 3.91. The van der Waals surface area contributed by atoms with Crippen LogP contribution in [0.3, 0.4) is 0 Å². The van der Waals surface area contributed by atoms with Crippen molar-refractivity contribution in [1.29, 1.82) is 0 Å². The number of hydrogen-bond donors (Lipinski definition) is 0. The summed E-state index contributed by atoms with van der Waals surface area (Å²) in [4.78, 5) is 29.4. The molecule has 4 heteroatoms. The normalized spacial score (nSPS) is 15.4. The molecular formula is C23H28N2O2. The predicted molar refractivity (Wildman–Crippen MR) is 109 cm³/mol. The zero-order chi connectivity index (χ0) is 19.4. The third-order valence-corrected chi connectivity index (χ3v) is 5.11. The second-order valence-corrected chi connectivity index (χ2v) is 8.12. The van der Waals surface area contributed by atoms with Gasteiger partial charge in [0.1, 0.15) is 0 Å². The first-order valence-corrected chi connectivity index (χ1v) is 9.60. The average Bonchev–Trinajstić information content (AvgIpc) is 2.93. The van der Waals surface area contributed by atoms with Crippen LogP contribution in [0, 0.1) is 0 Å². The van der Waals surface area contributed by atoms with E-state index < -0.39 is 11.7 Å². The third-order valence-electron chi connectivity index (χ3n) is 5.11. The molecule has 0 unspecified atom stereocenters. The van der Waals surface area contributed by atoms with Crippen LogP contribution in [0.15, 0.2) is 54.6 Å². The minimum atomic E-state index is -0.413. The lowest BCUT2D eigenvalue weighted by atomic mass is 9.86. The summed E-state index contributed by atoms with van der Waals surface area (Å²) in [5.41, 5.74) is 2.81. The fraction of sp³-hybridized carbons (Fsp3) is 0.391. The zero-order valence-corrected chi connectivity index (χ0v) is 16.4. The summed E-state index contributed by atoms with van der Waals surface area (Å²) >= 11 is 0. The molecule has 27 heavy (non-hydrogen) atoms. The van der Waals surface area contributed by atoms with E-state index in [-0.39, 0.29) is 5.41 Å². The molecule has 0 aliphatic carbocycles. The highest BCUT2D eigenvalue weighted by Crippen LogP contribution is 2.22. The number of ketones is 1. The van der Waals surface area contributed by atoms with Gasteiger partial charge in [-0.15, -0.1) is 0 Å². The molecule has 1 heterocycles. The number of carbonyl (C=O) groups excluding carboxylic acids is 2. The lowest BCUT2D eigenvalue weighted by Gasteiger charge is -2.23. The van der Waals surface area contributed by atoms with E-state index in [0.29, 0.717) is 18.7 Å². The number of benzene rings is 2. The van der Waals surface area contributed by atoms with Gasteiger partial charge in [0.05, 0.1) is 0 Å². The average molecular weight is 364 g/mol. The fourth-order valence-electron chi connectivity index (χ4n) is 3.41. The molecule has 0 bridgehead atoms. The van der Waals surface area contributed by atoms with Gasteiger partial charge in [0.15, 0.2) is 0 Å². The van der Waals surface area contributed by atoms with E-state index in [1.54, 1.807) is 17.0 Å². The van der Waals surface area contributed by atoms with Gasteiger partial charge in [0, 0.05) is 37.4 Å². The molecule has 0 aromatic heterocycles. The van der Waals surface area contributed by atoms with Gasteiger partial charge in [-0.2, -0.15) is 0 Å². The summed E-state index contributed by atoms with van der Waals surface area (Å²) < 4.78 is 0. The summed E-state index contributed by atoms with van der Waals surface area (Å²) in [6.45, 7) is 9.21. The van der Waals surface area contributed by atoms with Gasteiger partial charge in [-0.1, -0.05) is 63.2 Å². The quantitative estimate of drug-likeness (QED) is 0.612. The van der Waals surface area contributed by atoms with E-state index in [2.05, 4.69) is 37.8 Å². The van der Waals surface area contributed by atoms with Crippen molar-refractivity contribution in [3.63, 3.8) is 0 Å². The molecule has 1 aliphatic heterocycles. The number of anilines is 1. The van der Waals surface area contributed by atoms with Gasteiger partial charge < -0.3 is 9.80 Å². The summed E-state index contributed by atoms with van der Waals surface area (Å²) in [6, 6.07) is 17.6. The molecule has 4 nitrogen and oxygen atoms in total. The van der Waals surface area contributed by atoms with Crippen molar-refractivity contribution in [3.8, 4) is 0 Å². The number of carbonyl (C=O) groups is 2. The zero-order valence-electron chi connectivity index (χ0n) is 16.4. The van der Waals surface area contributed by atoms with Crippen LogP contribution in [-0.2, 0) is 10.2 Å². The SMILES string of the molecule is CC(C)(C)c1ccc(C(=O)C(=O)N2CCCN(c3ccccc3)CC2)cc1. The van der Waals surface area contributed by atoms with Crippen molar-refractivity contribution < 1.29 is 9.59 Å². The van der Waals surface area contributed by atoms with Crippen LogP contribution in [0.25, 0.3) is 0 Å². The molecule has 1 saturated heterocycles. The van der Waals surface area contributed by atoms with E-state index in [9.17, 15) is 9.59 Å². The second kappa shape index (κ2) is 7.95. The lowest BCUT2D eigenvalue weighted by molar-refractivity contribution is -0.126. The highest BCUT2D eigenvalue weighted by Gasteiger charge is 2.26. The molecule has 3 rings (SSSR count).